The zero-order chi connectivity index (χ0) is 30.1. The summed E-state index contributed by atoms with van der Waals surface area (Å²) in [6.07, 6.45) is 1.30. The number of nitrogens with one attached hydrogen (secondary N) is 2. The molecule has 0 saturated carbocycles. The van der Waals surface area contributed by atoms with Gasteiger partial charge in [0.1, 0.15) is 11.1 Å². The van der Waals surface area contributed by atoms with Gasteiger partial charge < -0.3 is 10.6 Å². The maximum absolute atomic E-state index is 14.9. The second kappa shape index (κ2) is 9.23. The zero-order valence-corrected chi connectivity index (χ0v) is 26.2. The molecule has 5 aliphatic heterocycles. The van der Waals surface area contributed by atoms with E-state index in [9.17, 15) is 9.59 Å². The van der Waals surface area contributed by atoms with E-state index in [1.165, 1.54) is 0 Å². The van der Waals surface area contributed by atoms with Crippen molar-refractivity contribution in [1.29, 1.82) is 0 Å². The van der Waals surface area contributed by atoms with Crippen molar-refractivity contribution >= 4 is 69.6 Å². The summed E-state index contributed by atoms with van der Waals surface area (Å²) in [5, 5.41) is 8.76. The smallest absolute Gasteiger partial charge is 0.251 e. The maximum atomic E-state index is 14.9. The van der Waals surface area contributed by atoms with Crippen LogP contribution in [0.1, 0.15) is 45.5 Å². The molecule has 0 aromatic heterocycles. The zero-order valence-electron chi connectivity index (χ0n) is 23.1. The number of anilines is 2. The third-order valence-corrected chi connectivity index (χ3v) is 11.3. The van der Waals surface area contributed by atoms with Gasteiger partial charge in [0.25, 0.3) is 11.8 Å². The number of hydrogen-bond acceptors (Lipinski definition) is 4. The number of halogens is 4. The van der Waals surface area contributed by atoms with Crippen molar-refractivity contribution in [3.63, 3.8) is 0 Å². The Balaban J connectivity index is 1.44. The quantitative estimate of drug-likeness (QED) is 0.205. The molecule has 0 bridgehead atoms. The van der Waals surface area contributed by atoms with Crippen LogP contribution < -0.4 is 10.6 Å². The van der Waals surface area contributed by atoms with Gasteiger partial charge >= 0.3 is 0 Å². The lowest BCUT2D eigenvalue weighted by Gasteiger charge is -2.66. The van der Waals surface area contributed by atoms with Crippen molar-refractivity contribution in [1.82, 2.24) is 9.80 Å². The van der Waals surface area contributed by atoms with Gasteiger partial charge in [-0.1, -0.05) is 58.5 Å². The number of nitrogens with zero attached hydrogens (tertiary/aromatic N) is 2. The summed E-state index contributed by atoms with van der Waals surface area (Å²) in [5.74, 6) is -0.288. The Kier molecular flexibility index (Phi) is 5.71. The van der Waals surface area contributed by atoms with Crippen LogP contribution in [-0.4, -0.2) is 34.7 Å². The lowest BCUT2D eigenvalue weighted by Crippen LogP contribution is -2.75. The highest BCUT2D eigenvalue weighted by Crippen LogP contribution is 2.67. The van der Waals surface area contributed by atoms with E-state index < -0.39 is 23.2 Å². The second-order valence-corrected chi connectivity index (χ2v) is 13.9. The summed E-state index contributed by atoms with van der Waals surface area (Å²) in [4.78, 5) is 34.3. The van der Waals surface area contributed by atoms with Crippen LogP contribution in [0.25, 0.3) is 0 Å². The summed E-state index contributed by atoms with van der Waals surface area (Å²) >= 11 is 26.4. The van der Waals surface area contributed by atoms with Crippen molar-refractivity contribution in [2.75, 3.05) is 23.7 Å². The van der Waals surface area contributed by atoms with Gasteiger partial charge in [0.15, 0.2) is 0 Å². The summed E-state index contributed by atoms with van der Waals surface area (Å²) in [6.45, 7) is 1.02. The van der Waals surface area contributed by atoms with Crippen LogP contribution in [-0.2, 0) is 33.5 Å². The van der Waals surface area contributed by atoms with E-state index in [4.69, 9.17) is 46.4 Å². The summed E-state index contributed by atoms with van der Waals surface area (Å²) in [7, 11) is 0. The standard InChI is InChI=1S/C34H24Cl4N4O2/c35-19-1-5-23-17(13-19)9-11-41-29(23)33(25-15-21(37)3-7-27(25)39-31(33)43)42-12-10-18-14-20(36)2-6-24(18)30(42)34(41)26-16-22(38)4-8-28(26)40-32(34)44/h1-8,13-16,29-30H,9-12H2,(H,39,43)(H,40,44)/t29-,30-,33+,34+/m1/s1. The molecule has 9 rings (SSSR count). The molecule has 2 spiro atoms. The predicted molar refractivity (Wildman–Crippen MR) is 173 cm³/mol. The first-order valence-corrected chi connectivity index (χ1v) is 16.1. The first-order valence-electron chi connectivity index (χ1n) is 14.6. The molecule has 5 aliphatic rings. The first-order chi connectivity index (χ1) is 21.2. The van der Waals surface area contributed by atoms with Crippen molar-refractivity contribution in [2.45, 2.75) is 36.0 Å². The summed E-state index contributed by atoms with van der Waals surface area (Å²) in [6, 6.07) is 21.8. The Hall–Kier alpha value is -3.10. The minimum atomic E-state index is -1.21. The molecule has 0 radical (unpaired) electrons. The molecule has 44 heavy (non-hydrogen) atoms. The normalized spacial score (nSPS) is 28.1. The number of benzene rings is 4. The fourth-order valence-corrected chi connectivity index (χ4v) is 9.57. The maximum Gasteiger partial charge on any atom is 0.251 e. The average Bonchev–Trinajstić information content (AvgIpc) is 3.44. The SMILES string of the molecule is O=C1Nc2ccc(Cl)cc2[C@]12[C@H]1c3ccc(Cl)cc3CCN1[C@]1(C(=O)Nc3ccc(Cl)cc31)[C@H]1c3ccc(Cl)cc3CCN12. The van der Waals surface area contributed by atoms with Gasteiger partial charge in [-0.25, -0.2) is 0 Å². The molecule has 4 aromatic carbocycles. The van der Waals surface area contributed by atoms with Crippen LogP contribution in [0.5, 0.6) is 0 Å². The van der Waals surface area contributed by atoms with Crippen LogP contribution in [0.4, 0.5) is 11.4 Å². The molecule has 1 saturated heterocycles. The van der Waals surface area contributed by atoms with Crippen LogP contribution in [0.3, 0.4) is 0 Å². The van der Waals surface area contributed by atoms with E-state index in [1.54, 1.807) is 12.1 Å². The topological polar surface area (TPSA) is 64.7 Å². The number of carbonyl (C=O) groups is 2. The molecular weight excluding hydrogens is 638 g/mol. The number of hydrogen-bond donors (Lipinski definition) is 2. The van der Waals surface area contributed by atoms with E-state index in [0.29, 0.717) is 46.0 Å². The van der Waals surface area contributed by atoms with Gasteiger partial charge in [-0.3, -0.25) is 19.4 Å². The van der Waals surface area contributed by atoms with Gasteiger partial charge in [-0.2, -0.15) is 0 Å². The average molecular weight is 662 g/mol. The highest BCUT2D eigenvalue weighted by Gasteiger charge is 2.74. The molecule has 4 aromatic rings. The molecule has 220 valence electrons. The molecule has 0 unspecified atom stereocenters. The van der Waals surface area contributed by atoms with Gasteiger partial charge in [0, 0.05) is 55.7 Å². The van der Waals surface area contributed by atoms with E-state index in [2.05, 4.69) is 20.4 Å². The van der Waals surface area contributed by atoms with Gasteiger partial charge in [-0.15, -0.1) is 0 Å². The largest absolute Gasteiger partial charge is 0.324 e. The Morgan fingerprint density at radius 3 is 1.39 bits per heavy atom. The van der Waals surface area contributed by atoms with Crippen molar-refractivity contribution in [3.8, 4) is 0 Å². The van der Waals surface area contributed by atoms with Crippen molar-refractivity contribution < 1.29 is 9.59 Å². The molecule has 1 fully saturated rings. The highest BCUT2D eigenvalue weighted by atomic mass is 35.5. The highest BCUT2D eigenvalue weighted by molar-refractivity contribution is 6.32. The Morgan fingerprint density at radius 2 is 0.955 bits per heavy atom. The molecule has 4 atom stereocenters. The molecular formula is C34H24Cl4N4O2. The third kappa shape index (κ3) is 3.26. The minimum absolute atomic E-state index is 0.144. The van der Waals surface area contributed by atoms with Gasteiger partial charge in [0.2, 0.25) is 0 Å². The van der Waals surface area contributed by atoms with E-state index in [1.807, 2.05) is 60.7 Å². The minimum Gasteiger partial charge on any atom is -0.324 e. The number of fused-ring (bicyclic) bond motifs is 14. The van der Waals surface area contributed by atoms with Crippen molar-refractivity contribution in [3.05, 3.63) is 126 Å². The van der Waals surface area contributed by atoms with Gasteiger partial charge in [0.05, 0.1) is 12.1 Å². The van der Waals surface area contributed by atoms with Crippen LogP contribution in [0.2, 0.25) is 20.1 Å². The predicted octanol–water partition coefficient (Wildman–Crippen LogP) is 7.51. The number of piperazine rings is 1. The fourth-order valence-electron chi connectivity index (χ4n) is 8.84. The van der Waals surface area contributed by atoms with Crippen LogP contribution in [0, 0.1) is 0 Å². The Labute approximate surface area is 273 Å². The molecule has 0 aliphatic carbocycles. The van der Waals surface area contributed by atoms with Crippen molar-refractivity contribution in [2.24, 2.45) is 0 Å². The third-order valence-electron chi connectivity index (χ3n) is 10.3. The summed E-state index contributed by atoms with van der Waals surface area (Å²) < 4.78 is 0. The van der Waals surface area contributed by atoms with E-state index in [0.717, 1.165) is 44.8 Å². The second-order valence-electron chi connectivity index (χ2n) is 12.2. The molecule has 2 amide bonds. The monoisotopic (exact) mass is 660 g/mol. The molecule has 10 heteroatoms. The van der Waals surface area contributed by atoms with Gasteiger partial charge in [-0.05, 0) is 95.8 Å². The fraction of sp³-hybridized carbons (Fsp3) is 0.235. The first kappa shape index (κ1) is 27.2. The molecule has 5 heterocycles. The van der Waals surface area contributed by atoms with E-state index >= 15 is 0 Å². The number of rotatable bonds is 0. The van der Waals surface area contributed by atoms with Crippen LogP contribution in [0.15, 0.2) is 72.8 Å². The Morgan fingerprint density at radius 1 is 0.568 bits per heavy atom. The lowest BCUT2D eigenvalue weighted by atomic mass is 9.62. The van der Waals surface area contributed by atoms with E-state index in [-0.39, 0.29) is 11.8 Å². The number of carbonyl (C=O) groups excluding carboxylic acids is 2. The Bertz CT molecular complexity index is 1840. The molecule has 2 N–H and O–H groups in total. The van der Waals surface area contributed by atoms with Crippen LogP contribution >= 0.6 is 46.4 Å². The lowest BCUT2D eigenvalue weighted by molar-refractivity contribution is -0.190. The number of amides is 2. The summed E-state index contributed by atoms with van der Waals surface area (Å²) in [5.41, 5.74) is 4.67. The molecule has 6 nitrogen and oxygen atoms in total.